The minimum Gasteiger partial charge on any atom is -0.351 e. The fourth-order valence-electron chi connectivity index (χ4n) is 1.72. The molecule has 1 atom stereocenters. The van der Waals surface area contributed by atoms with Crippen LogP contribution in [0.5, 0.6) is 0 Å². The Hall–Kier alpha value is -0.540. The number of aryl methyl sites for hydroxylation is 1. The molecule has 2 nitrogen and oxygen atoms in total. The number of hydrogen-bond donors (Lipinski definition) is 1. The van der Waals surface area contributed by atoms with Gasteiger partial charge in [-0.15, -0.1) is 11.6 Å². The van der Waals surface area contributed by atoms with Gasteiger partial charge in [0.05, 0.1) is 10.9 Å². The number of hydrogen-bond acceptors (Lipinski definition) is 1. The molecule has 0 saturated carbocycles. The first-order valence-electron chi connectivity index (χ1n) is 6.09. The summed E-state index contributed by atoms with van der Waals surface area (Å²) in [5, 5.41) is 2.86. The van der Waals surface area contributed by atoms with Crippen molar-refractivity contribution in [2.45, 2.75) is 32.6 Å². The number of rotatable bonds is 5. The van der Waals surface area contributed by atoms with Gasteiger partial charge >= 0.3 is 0 Å². The molecule has 0 aliphatic carbocycles. The minimum absolute atomic E-state index is 0.0162. The normalized spacial score (nSPS) is 12.6. The van der Waals surface area contributed by atoms with Crippen LogP contribution in [0.3, 0.4) is 0 Å². The van der Waals surface area contributed by atoms with Gasteiger partial charge in [-0.05, 0) is 46.8 Å². The van der Waals surface area contributed by atoms with Gasteiger partial charge in [-0.2, -0.15) is 0 Å². The van der Waals surface area contributed by atoms with Crippen LogP contribution in [0.15, 0.2) is 22.7 Å². The van der Waals surface area contributed by atoms with Crippen molar-refractivity contribution in [3.8, 4) is 0 Å². The predicted octanol–water partition coefficient (Wildman–Crippen LogP) is 4.14. The van der Waals surface area contributed by atoms with Gasteiger partial charge in [0.2, 0.25) is 0 Å². The molecule has 0 aliphatic heterocycles. The lowest BCUT2D eigenvalue weighted by atomic mass is 10.1. The second-order valence-electron chi connectivity index (χ2n) is 4.87. The molecule has 1 N–H and O–H groups in total. The van der Waals surface area contributed by atoms with Crippen LogP contribution in [0.25, 0.3) is 0 Å². The maximum Gasteiger partial charge on any atom is 0.252 e. The first-order valence-corrected chi connectivity index (χ1v) is 7.32. The highest BCUT2D eigenvalue weighted by Gasteiger charge is 2.13. The van der Waals surface area contributed by atoms with Gasteiger partial charge in [-0.1, -0.05) is 26.0 Å². The molecule has 1 amide bonds. The maximum atomic E-state index is 12.0. The van der Waals surface area contributed by atoms with Gasteiger partial charge < -0.3 is 5.32 Å². The molecule has 0 bridgehead atoms. The third-order valence-electron chi connectivity index (χ3n) is 2.65. The molecule has 0 fully saturated rings. The number of alkyl halides is 1. The molecular weight excluding hydrogens is 314 g/mol. The molecule has 1 aromatic carbocycles. The smallest absolute Gasteiger partial charge is 0.252 e. The van der Waals surface area contributed by atoms with E-state index in [1.165, 1.54) is 0 Å². The van der Waals surface area contributed by atoms with E-state index in [1.54, 1.807) is 6.07 Å². The van der Waals surface area contributed by atoms with Crippen LogP contribution in [0, 0.1) is 12.8 Å². The molecule has 4 heteroatoms. The Balaban J connectivity index is 2.58. The fraction of sp³-hybridized carbons (Fsp3) is 0.500. The van der Waals surface area contributed by atoms with Gasteiger partial charge in [-0.25, -0.2) is 0 Å². The topological polar surface area (TPSA) is 29.1 Å². The average Bonchev–Trinajstić information content (AvgIpc) is 2.29. The van der Waals surface area contributed by atoms with Crippen molar-refractivity contribution >= 4 is 33.4 Å². The first kappa shape index (κ1) is 15.5. The van der Waals surface area contributed by atoms with E-state index in [9.17, 15) is 4.79 Å². The zero-order valence-corrected chi connectivity index (χ0v) is 13.3. The summed E-state index contributed by atoms with van der Waals surface area (Å²) < 4.78 is 0.845. The number of nitrogens with one attached hydrogen (secondary N) is 1. The van der Waals surface area contributed by atoms with Crippen LogP contribution in [0.1, 0.15) is 36.2 Å². The molecule has 0 spiro atoms. The fourth-order valence-corrected chi connectivity index (χ4v) is 2.59. The first-order chi connectivity index (χ1) is 8.41. The largest absolute Gasteiger partial charge is 0.351 e. The second kappa shape index (κ2) is 7.15. The molecule has 0 aromatic heterocycles. The van der Waals surface area contributed by atoms with Gasteiger partial charge in [-0.3, -0.25) is 4.79 Å². The average molecular weight is 333 g/mol. The van der Waals surface area contributed by atoms with E-state index in [4.69, 9.17) is 11.6 Å². The van der Waals surface area contributed by atoms with Crippen molar-refractivity contribution in [1.82, 2.24) is 5.32 Å². The third kappa shape index (κ3) is 4.62. The van der Waals surface area contributed by atoms with Crippen LogP contribution in [-0.2, 0) is 0 Å². The summed E-state index contributed by atoms with van der Waals surface area (Å²) >= 11 is 9.59. The van der Waals surface area contributed by atoms with Crippen LogP contribution in [0.2, 0.25) is 0 Å². The van der Waals surface area contributed by atoms with Crippen LogP contribution in [-0.4, -0.2) is 17.8 Å². The Morgan fingerprint density at radius 2 is 2.11 bits per heavy atom. The predicted molar refractivity (Wildman–Crippen MR) is 80.3 cm³/mol. The molecule has 0 radical (unpaired) electrons. The number of carbonyl (C=O) groups excluding carboxylic acids is 1. The van der Waals surface area contributed by atoms with Crippen molar-refractivity contribution < 1.29 is 4.79 Å². The van der Waals surface area contributed by atoms with Crippen molar-refractivity contribution in [3.05, 3.63) is 33.8 Å². The maximum absolute atomic E-state index is 12.0. The van der Waals surface area contributed by atoms with Crippen molar-refractivity contribution in [1.29, 1.82) is 0 Å². The molecule has 1 aromatic rings. The lowest BCUT2D eigenvalue weighted by molar-refractivity contribution is 0.0952. The quantitative estimate of drug-likeness (QED) is 0.807. The summed E-state index contributed by atoms with van der Waals surface area (Å²) in [4.78, 5) is 12.0. The zero-order chi connectivity index (χ0) is 13.7. The molecule has 18 heavy (non-hydrogen) atoms. The molecule has 1 unspecified atom stereocenters. The minimum atomic E-state index is -0.0834. The standard InChI is InChI=1S/C14H19BrClNO/c1-9(2)7-11(16)8-17-14(18)12-6-4-5-10(3)13(12)15/h4-6,9,11H,7-8H2,1-3H3,(H,17,18). The van der Waals surface area contributed by atoms with E-state index >= 15 is 0 Å². The number of benzene rings is 1. The Bertz CT molecular complexity index is 420. The second-order valence-corrected chi connectivity index (χ2v) is 6.28. The molecular formula is C14H19BrClNO. The monoisotopic (exact) mass is 331 g/mol. The summed E-state index contributed by atoms with van der Waals surface area (Å²) in [6.07, 6.45) is 0.900. The third-order valence-corrected chi connectivity index (χ3v) is 4.03. The number of carbonyl (C=O) groups is 1. The molecule has 0 heterocycles. The van der Waals surface area contributed by atoms with Crippen LogP contribution >= 0.6 is 27.5 Å². The highest BCUT2D eigenvalue weighted by molar-refractivity contribution is 9.10. The summed E-state index contributed by atoms with van der Waals surface area (Å²) in [5.74, 6) is 0.454. The van der Waals surface area contributed by atoms with Crippen molar-refractivity contribution in [2.75, 3.05) is 6.54 Å². The zero-order valence-electron chi connectivity index (χ0n) is 11.0. The lowest BCUT2D eigenvalue weighted by Gasteiger charge is -2.13. The highest BCUT2D eigenvalue weighted by atomic mass is 79.9. The summed E-state index contributed by atoms with van der Waals surface area (Å²) in [6.45, 7) is 6.70. The van der Waals surface area contributed by atoms with E-state index in [-0.39, 0.29) is 11.3 Å². The van der Waals surface area contributed by atoms with E-state index < -0.39 is 0 Å². The molecule has 0 saturated heterocycles. The highest BCUT2D eigenvalue weighted by Crippen LogP contribution is 2.21. The molecule has 1 rings (SSSR count). The number of halogens is 2. The summed E-state index contributed by atoms with van der Waals surface area (Å²) in [5.41, 5.74) is 1.70. The van der Waals surface area contributed by atoms with Gasteiger partial charge in [0, 0.05) is 11.0 Å². The van der Waals surface area contributed by atoms with Gasteiger partial charge in [0.15, 0.2) is 0 Å². The summed E-state index contributed by atoms with van der Waals surface area (Å²) in [6, 6.07) is 5.64. The summed E-state index contributed by atoms with van der Waals surface area (Å²) in [7, 11) is 0. The Morgan fingerprint density at radius 3 is 2.72 bits per heavy atom. The van der Waals surface area contributed by atoms with E-state index in [1.807, 2.05) is 19.1 Å². The molecule has 0 aliphatic rings. The lowest BCUT2D eigenvalue weighted by Crippen LogP contribution is -2.30. The van der Waals surface area contributed by atoms with E-state index in [0.717, 1.165) is 16.5 Å². The van der Waals surface area contributed by atoms with Gasteiger partial charge in [0.25, 0.3) is 5.91 Å². The Morgan fingerprint density at radius 1 is 1.44 bits per heavy atom. The van der Waals surface area contributed by atoms with Gasteiger partial charge in [0.1, 0.15) is 0 Å². The SMILES string of the molecule is Cc1cccc(C(=O)NCC(Cl)CC(C)C)c1Br. The van der Waals surface area contributed by atoms with Crippen LogP contribution in [0.4, 0.5) is 0 Å². The van der Waals surface area contributed by atoms with E-state index in [0.29, 0.717) is 18.0 Å². The van der Waals surface area contributed by atoms with E-state index in [2.05, 4.69) is 35.1 Å². The number of amides is 1. The Kier molecular flexibility index (Phi) is 6.16. The molecule has 100 valence electrons. The Labute approximate surface area is 122 Å². The van der Waals surface area contributed by atoms with Crippen molar-refractivity contribution in [3.63, 3.8) is 0 Å². The van der Waals surface area contributed by atoms with Crippen LogP contribution < -0.4 is 5.32 Å². The van der Waals surface area contributed by atoms with Crippen molar-refractivity contribution in [2.24, 2.45) is 5.92 Å².